The molecule has 0 aromatic heterocycles. The summed E-state index contributed by atoms with van der Waals surface area (Å²) in [6.07, 6.45) is 29.0. The van der Waals surface area contributed by atoms with Gasteiger partial charge in [0.1, 0.15) is 40.3 Å². The molecule has 0 spiro atoms. The lowest BCUT2D eigenvalue weighted by Gasteiger charge is -2.36. The Hall–Kier alpha value is -9.42. The van der Waals surface area contributed by atoms with Crippen LogP contribution in [0.3, 0.4) is 0 Å². The highest BCUT2D eigenvalue weighted by atomic mass is 16.7. The molecule has 0 aliphatic carbocycles. The van der Waals surface area contributed by atoms with Crippen molar-refractivity contribution in [1.29, 1.82) is 0 Å². The Bertz CT molecular complexity index is 4390. The highest BCUT2D eigenvalue weighted by Gasteiger charge is 2.28. The van der Waals surface area contributed by atoms with Gasteiger partial charge in [0, 0.05) is 170 Å². The van der Waals surface area contributed by atoms with E-state index >= 15 is 0 Å². The fourth-order valence-corrected chi connectivity index (χ4v) is 19.5. The standard InChI is InChI=1S/C22H27NO3.C18H30N2O.C17H28N2O.C16H30N2O.C15H24N2O.C14H22N2O.C13H20N2O/c1-2-24-20-6-4-3-5-19(20)23-13-11-17(12-14-23)7-8-18-9-10-21-22(15-18)26-16-25-21;1-3-4-5-6-9-12-19-13-15-20(16-14-19)17-10-7-8-11-18(17)21-2;1-3-4-5-8-11-18-12-14-19(15-13-18)16-9-6-7-10-17(16)20-2;1-5-7-8-10-17-11-13-18(14-12-17)15(3)16(19-4)9-6-2;1-3-4-9-16-10-12-17(13-11-16)14-7-5-6-8-15(14)18-2;1-3-8-15-9-11-16(12-10-15)13-6-4-5-7-14(13)17-2;1-3-14-8-10-15(11-9-14)12-6-4-5-7-13(12)16-2/h3-6,9-10,15,17H,2,7-8,11-14,16H2,1H3;7-8,10-11H,3-6,9,12-16H2,1-2H3;6-7,9-10H,3-5,8,11-15H2,1-2H3;6,9H,5,7-8,10-14H2,1-4H3;5-8H,3-4,9-13H2,1-2H3;4-7H,3,8-12H2,1-2H3;4-7H,3,8-11H2,1-2H3/b;;;9-6-,16-15-;;;. The molecule has 0 N–H and O–H groups in total. The number of piperazine rings is 6. The van der Waals surface area contributed by atoms with Gasteiger partial charge < -0.3 is 81.8 Å². The van der Waals surface area contributed by atoms with Crippen LogP contribution in [0.4, 0.5) is 34.1 Å². The molecule has 0 amide bonds. The van der Waals surface area contributed by atoms with Crippen molar-refractivity contribution in [3.8, 4) is 46.0 Å². The average Bonchev–Trinajstić information content (AvgIpc) is 1.80. The number of unbranched alkanes of at least 4 members (excludes halogenated alkanes) is 10. The van der Waals surface area contributed by atoms with Gasteiger partial charge in [-0.25, -0.2) is 0 Å². The predicted molar refractivity (Wildman–Crippen MR) is 578 cm³/mol. The third-order valence-electron chi connectivity index (χ3n) is 27.9. The molecule has 22 heteroatoms. The average molecular weight is 1890 g/mol. The first-order chi connectivity index (χ1) is 67.3. The minimum absolute atomic E-state index is 0.348. The number of aryl methyl sites for hydroxylation is 1. The van der Waals surface area contributed by atoms with Crippen molar-refractivity contribution < 1.29 is 42.6 Å². The van der Waals surface area contributed by atoms with Crippen LogP contribution in [-0.4, -0.2) is 300 Å². The number of piperidine rings is 1. The van der Waals surface area contributed by atoms with Crippen LogP contribution in [0.5, 0.6) is 46.0 Å². The van der Waals surface area contributed by atoms with Gasteiger partial charge in [0.15, 0.2) is 11.5 Å². The van der Waals surface area contributed by atoms with Crippen LogP contribution in [-0.2, 0) is 11.2 Å². The molecule has 7 aromatic rings. The van der Waals surface area contributed by atoms with Crippen LogP contribution in [0.1, 0.15) is 183 Å². The van der Waals surface area contributed by atoms with Gasteiger partial charge in [-0.2, -0.15) is 0 Å². The zero-order chi connectivity index (χ0) is 97.2. The van der Waals surface area contributed by atoms with Crippen LogP contribution in [0, 0.1) is 5.92 Å². The van der Waals surface area contributed by atoms with Gasteiger partial charge in [-0.15, -0.1) is 0 Å². The Morgan fingerprint density at radius 3 is 0.993 bits per heavy atom. The van der Waals surface area contributed by atoms with E-state index in [2.05, 4.69) is 209 Å². The molecule has 7 aromatic carbocycles. The lowest BCUT2D eigenvalue weighted by atomic mass is 9.90. The number of anilines is 6. The molecular weight excluding hydrogens is 1710 g/mol. The van der Waals surface area contributed by atoms with Gasteiger partial charge in [0.25, 0.3) is 0 Å². The fraction of sp³-hybridized carbons (Fsp3) is 0.600. The van der Waals surface area contributed by atoms with E-state index in [9.17, 15) is 0 Å². The third kappa shape index (κ3) is 37.9. The fourth-order valence-electron chi connectivity index (χ4n) is 19.5. The van der Waals surface area contributed by atoms with Crippen molar-refractivity contribution in [2.45, 2.75) is 184 Å². The second kappa shape index (κ2) is 65.5. The molecule has 15 rings (SSSR count). The molecular formula is C115H181N13O9. The molecule has 8 aliphatic rings. The first-order valence-corrected chi connectivity index (χ1v) is 53.0. The molecule has 22 nitrogen and oxygen atoms in total. The van der Waals surface area contributed by atoms with Gasteiger partial charge >= 0.3 is 0 Å². The summed E-state index contributed by atoms with van der Waals surface area (Å²) < 4.78 is 49.3. The SMILES string of the molecule is C/C=C\C(OC)=C(/C)N1CCN(CCCCC)CC1.CCCCCCCN1CCN(c2ccccc2OC)CC1.CCCCCCN1CCN(c2ccccc2OC)CC1.CCCCN1CCN(c2ccccc2OC)CC1.CCCN1CCN(c2ccccc2OC)CC1.CCN1CCN(c2ccccc2OC)CC1.CCOc1ccccc1N1CCC(CCc2ccc3c(c2)OCO3)CC1. The smallest absolute Gasteiger partial charge is 0.231 e. The Morgan fingerprint density at radius 1 is 0.321 bits per heavy atom. The van der Waals surface area contributed by atoms with E-state index in [1.807, 2.05) is 92.7 Å². The van der Waals surface area contributed by atoms with Crippen molar-refractivity contribution in [1.82, 2.24) is 34.3 Å². The van der Waals surface area contributed by atoms with Crippen molar-refractivity contribution in [2.24, 2.45) is 5.92 Å². The van der Waals surface area contributed by atoms with E-state index in [1.54, 1.807) is 42.7 Å². The third-order valence-corrected chi connectivity index (χ3v) is 27.9. The van der Waals surface area contributed by atoms with Crippen molar-refractivity contribution in [3.63, 3.8) is 0 Å². The van der Waals surface area contributed by atoms with E-state index in [0.29, 0.717) is 13.4 Å². The zero-order valence-electron chi connectivity index (χ0n) is 87.8. The minimum atomic E-state index is 0.348. The van der Waals surface area contributed by atoms with E-state index in [0.717, 1.165) is 202 Å². The molecule has 0 unspecified atom stereocenters. The van der Waals surface area contributed by atoms with Gasteiger partial charge in [-0.3, -0.25) is 24.5 Å². The molecule has 760 valence electrons. The summed E-state index contributed by atoms with van der Waals surface area (Å²) in [4.78, 5) is 32.4. The summed E-state index contributed by atoms with van der Waals surface area (Å²) in [7, 11) is 10.5. The predicted octanol–water partition coefficient (Wildman–Crippen LogP) is 21.8. The van der Waals surface area contributed by atoms with Crippen molar-refractivity contribution in [2.75, 3.05) is 295 Å². The number of para-hydroxylation sites is 12. The Morgan fingerprint density at radius 2 is 0.635 bits per heavy atom. The summed E-state index contributed by atoms with van der Waals surface area (Å²) in [5.41, 5.74) is 10.0. The number of nitrogens with zero attached hydrogens (tertiary/aromatic N) is 13. The van der Waals surface area contributed by atoms with E-state index in [-0.39, 0.29) is 0 Å². The first-order valence-electron chi connectivity index (χ1n) is 53.0. The van der Waals surface area contributed by atoms with Crippen molar-refractivity contribution in [3.05, 3.63) is 193 Å². The summed E-state index contributed by atoms with van der Waals surface area (Å²) in [5, 5.41) is 0. The first kappa shape index (κ1) is 111. The lowest BCUT2D eigenvalue weighted by molar-refractivity contribution is 0.150. The maximum atomic E-state index is 5.80. The topological polar surface area (TPSA) is 125 Å². The van der Waals surface area contributed by atoms with Gasteiger partial charge in [0.2, 0.25) is 6.79 Å². The molecule has 0 radical (unpaired) electrons. The highest BCUT2D eigenvalue weighted by molar-refractivity contribution is 5.63. The normalized spacial score (nSPS) is 17.1. The molecule has 8 aliphatic heterocycles. The van der Waals surface area contributed by atoms with Crippen molar-refractivity contribution >= 4 is 34.1 Å². The van der Waals surface area contributed by atoms with Crippen LogP contribution in [0.2, 0.25) is 0 Å². The van der Waals surface area contributed by atoms with E-state index in [4.69, 9.17) is 42.6 Å². The highest BCUT2D eigenvalue weighted by Crippen LogP contribution is 2.38. The van der Waals surface area contributed by atoms with E-state index < -0.39 is 0 Å². The summed E-state index contributed by atoms with van der Waals surface area (Å²) in [6.45, 7) is 57.6. The maximum absolute atomic E-state index is 5.80. The molecule has 0 atom stereocenters. The lowest BCUT2D eigenvalue weighted by Crippen LogP contribution is -2.46. The summed E-state index contributed by atoms with van der Waals surface area (Å²) in [5.74, 6) is 9.48. The molecule has 0 saturated carbocycles. The number of fused-ring (bicyclic) bond motifs is 1. The number of likely N-dealkylation sites (N-methyl/N-ethyl adjacent to an activating group) is 1. The summed E-state index contributed by atoms with van der Waals surface area (Å²) >= 11 is 0. The van der Waals surface area contributed by atoms with E-state index in [1.165, 1.54) is 233 Å². The largest absolute Gasteiger partial charge is 0.495 e. The van der Waals surface area contributed by atoms with Gasteiger partial charge in [0.05, 0.1) is 89.1 Å². The Kier molecular flexibility index (Phi) is 53.2. The second-order valence-electron chi connectivity index (χ2n) is 37.2. The number of rotatable bonds is 40. The van der Waals surface area contributed by atoms with Crippen LogP contribution in [0.25, 0.3) is 0 Å². The molecule has 7 saturated heterocycles. The zero-order valence-corrected chi connectivity index (χ0v) is 87.8. The number of hydrogen-bond acceptors (Lipinski definition) is 22. The number of ether oxygens (including phenoxy) is 9. The minimum Gasteiger partial charge on any atom is -0.495 e. The number of methoxy groups -OCH3 is 6. The van der Waals surface area contributed by atoms with Crippen LogP contribution < -0.4 is 67.3 Å². The van der Waals surface area contributed by atoms with Crippen LogP contribution >= 0.6 is 0 Å². The molecule has 8 heterocycles. The Labute approximate surface area is 830 Å². The quantitative estimate of drug-likeness (QED) is 0.0205. The number of allylic oxidation sites excluding steroid dienone is 3. The monoisotopic (exact) mass is 1890 g/mol. The van der Waals surface area contributed by atoms with Crippen LogP contribution in [0.15, 0.2) is 187 Å². The number of hydrogen-bond donors (Lipinski definition) is 0. The number of benzene rings is 7. The maximum Gasteiger partial charge on any atom is 0.231 e. The van der Waals surface area contributed by atoms with Gasteiger partial charge in [-0.1, -0.05) is 191 Å². The molecule has 7 fully saturated rings. The molecule has 0 bridgehead atoms. The van der Waals surface area contributed by atoms with Gasteiger partial charge in [-0.05, 0) is 220 Å². The second-order valence-corrected chi connectivity index (χ2v) is 37.2. The Balaban J connectivity index is 0.000000180. The summed E-state index contributed by atoms with van der Waals surface area (Å²) in [6, 6.07) is 56.3. The molecule has 137 heavy (non-hydrogen) atoms.